The molecule has 0 bridgehead atoms. The van der Waals surface area contributed by atoms with Gasteiger partial charge in [-0.1, -0.05) is 52.7 Å². The molecule has 0 aliphatic rings. The summed E-state index contributed by atoms with van der Waals surface area (Å²) in [4.78, 5) is 0. The molecule has 2 rings (SSSR count). The summed E-state index contributed by atoms with van der Waals surface area (Å²) in [6, 6.07) is 13.5. The predicted octanol–water partition coefficient (Wildman–Crippen LogP) is 5.46. The Balaban J connectivity index is 2.49. The molecule has 1 unspecified atom stereocenters. The highest BCUT2D eigenvalue weighted by Gasteiger charge is 2.17. The lowest BCUT2D eigenvalue weighted by Crippen LogP contribution is -2.24. The highest BCUT2D eigenvalue weighted by molar-refractivity contribution is 9.10. The Morgan fingerprint density at radius 3 is 2.38 bits per heavy atom. The van der Waals surface area contributed by atoms with E-state index in [0.29, 0.717) is 0 Å². The molecule has 0 saturated carbocycles. The number of rotatable bonds is 5. The predicted molar refractivity (Wildman–Crippen MR) is 94.9 cm³/mol. The third kappa shape index (κ3) is 3.96. The van der Waals surface area contributed by atoms with Crippen molar-refractivity contribution in [2.45, 2.75) is 40.2 Å². The number of benzene rings is 2. The Hall–Kier alpha value is -1.12. The smallest absolute Gasteiger partial charge is 0.0582 e. The van der Waals surface area contributed by atoms with Crippen LogP contribution in [0.2, 0.25) is 0 Å². The van der Waals surface area contributed by atoms with Crippen LogP contribution in [0.15, 0.2) is 40.9 Å². The fraction of sp³-hybridized carbons (Fsp3) is 0.368. The van der Waals surface area contributed by atoms with E-state index in [9.17, 15) is 0 Å². The van der Waals surface area contributed by atoms with Crippen molar-refractivity contribution in [2.75, 3.05) is 6.54 Å². The van der Waals surface area contributed by atoms with Crippen LogP contribution in [0.25, 0.3) is 0 Å². The normalized spacial score (nSPS) is 12.4. The van der Waals surface area contributed by atoms with Crippen LogP contribution < -0.4 is 5.32 Å². The molecule has 0 aliphatic carbocycles. The van der Waals surface area contributed by atoms with E-state index in [0.717, 1.165) is 17.4 Å². The SMILES string of the molecule is CCCNC(c1ccc(C)cc1C)c1cc(Br)ccc1C. The maximum atomic E-state index is 3.71. The molecule has 0 amide bonds. The monoisotopic (exact) mass is 345 g/mol. The Morgan fingerprint density at radius 1 is 0.952 bits per heavy atom. The molecule has 0 aromatic heterocycles. The van der Waals surface area contributed by atoms with Crippen LogP contribution in [0.1, 0.15) is 47.2 Å². The fourth-order valence-electron chi connectivity index (χ4n) is 2.75. The molecule has 0 saturated heterocycles. The summed E-state index contributed by atoms with van der Waals surface area (Å²) in [5.74, 6) is 0. The molecule has 0 aliphatic heterocycles. The Morgan fingerprint density at radius 2 is 1.71 bits per heavy atom. The van der Waals surface area contributed by atoms with Gasteiger partial charge in [0.25, 0.3) is 0 Å². The average Bonchev–Trinajstić information content (AvgIpc) is 2.44. The second-order valence-electron chi connectivity index (χ2n) is 5.75. The van der Waals surface area contributed by atoms with E-state index < -0.39 is 0 Å². The summed E-state index contributed by atoms with van der Waals surface area (Å²) in [6.07, 6.45) is 1.13. The lowest BCUT2D eigenvalue weighted by atomic mass is 9.91. The number of halogens is 1. The number of nitrogens with one attached hydrogen (secondary N) is 1. The van der Waals surface area contributed by atoms with E-state index in [2.05, 4.69) is 85.3 Å². The van der Waals surface area contributed by atoms with Crippen molar-refractivity contribution >= 4 is 15.9 Å². The lowest BCUT2D eigenvalue weighted by molar-refractivity contribution is 0.593. The van der Waals surface area contributed by atoms with Crippen LogP contribution in [-0.4, -0.2) is 6.54 Å². The van der Waals surface area contributed by atoms with E-state index >= 15 is 0 Å². The minimum atomic E-state index is 0.253. The van der Waals surface area contributed by atoms with E-state index in [-0.39, 0.29) is 6.04 Å². The highest BCUT2D eigenvalue weighted by atomic mass is 79.9. The van der Waals surface area contributed by atoms with Gasteiger partial charge in [-0.2, -0.15) is 0 Å². The number of hydrogen-bond donors (Lipinski definition) is 1. The lowest BCUT2D eigenvalue weighted by Gasteiger charge is -2.24. The van der Waals surface area contributed by atoms with E-state index in [1.54, 1.807) is 0 Å². The summed E-state index contributed by atoms with van der Waals surface area (Å²) >= 11 is 3.61. The van der Waals surface area contributed by atoms with E-state index in [1.807, 2.05) is 0 Å². The van der Waals surface area contributed by atoms with Gasteiger partial charge in [0.05, 0.1) is 6.04 Å². The molecule has 1 N–H and O–H groups in total. The molecule has 21 heavy (non-hydrogen) atoms. The van der Waals surface area contributed by atoms with Gasteiger partial charge in [0.1, 0.15) is 0 Å². The molecular weight excluding hydrogens is 322 g/mol. The number of aryl methyl sites for hydroxylation is 3. The van der Waals surface area contributed by atoms with Crippen molar-refractivity contribution in [3.05, 3.63) is 68.7 Å². The largest absolute Gasteiger partial charge is 0.306 e. The Kier molecular flexibility index (Phi) is 5.60. The molecule has 2 aromatic carbocycles. The Labute approximate surface area is 136 Å². The van der Waals surface area contributed by atoms with Crippen molar-refractivity contribution in [3.63, 3.8) is 0 Å². The minimum Gasteiger partial charge on any atom is -0.306 e. The molecule has 1 atom stereocenters. The molecule has 2 heteroatoms. The molecule has 2 aromatic rings. The van der Waals surface area contributed by atoms with Crippen LogP contribution in [0.5, 0.6) is 0 Å². The zero-order chi connectivity index (χ0) is 15.4. The van der Waals surface area contributed by atoms with Gasteiger partial charge in [0.2, 0.25) is 0 Å². The van der Waals surface area contributed by atoms with Crippen LogP contribution in [0, 0.1) is 20.8 Å². The van der Waals surface area contributed by atoms with Crippen molar-refractivity contribution in [3.8, 4) is 0 Å². The second kappa shape index (κ2) is 7.24. The van der Waals surface area contributed by atoms with Crippen molar-refractivity contribution in [2.24, 2.45) is 0 Å². The summed E-state index contributed by atoms with van der Waals surface area (Å²) in [5, 5.41) is 3.71. The summed E-state index contributed by atoms with van der Waals surface area (Å²) in [7, 11) is 0. The molecule has 112 valence electrons. The van der Waals surface area contributed by atoms with Gasteiger partial charge in [-0.05, 0) is 68.1 Å². The Bertz CT molecular complexity index is 619. The van der Waals surface area contributed by atoms with Gasteiger partial charge in [-0.15, -0.1) is 0 Å². The zero-order valence-corrected chi connectivity index (χ0v) is 14.9. The van der Waals surface area contributed by atoms with Crippen LogP contribution in [0.4, 0.5) is 0 Å². The average molecular weight is 346 g/mol. The molecule has 0 heterocycles. The molecule has 0 radical (unpaired) electrons. The van der Waals surface area contributed by atoms with Gasteiger partial charge in [0.15, 0.2) is 0 Å². The molecule has 1 nitrogen and oxygen atoms in total. The first-order valence-corrected chi connectivity index (χ1v) is 8.38. The molecule has 0 spiro atoms. The summed E-state index contributed by atoms with van der Waals surface area (Å²) < 4.78 is 1.14. The van der Waals surface area contributed by atoms with E-state index in [4.69, 9.17) is 0 Å². The van der Waals surface area contributed by atoms with Crippen LogP contribution >= 0.6 is 15.9 Å². The van der Waals surface area contributed by atoms with Crippen molar-refractivity contribution in [1.29, 1.82) is 0 Å². The fourth-order valence-corrected chi connectivity index (χ4v) is 3.13. The van der Waals surface area contributed by atoms with Crippen LogP contribution in [-0.2, 0) is 0 Å². The first-order valence-electron chi connectivity index (χ1n) is 7.59. The zero-order valence-electron chi connectivity index (χ0n) is 13.3. The van der Waals surface area contributed by atoms with E-state index in [1.165, 1.54) is 27.8 Å². The first kappa shape index (κ1) is 16.3. The van der Waals surface area contributed by atoms with Crippen LogP contribution in [0.3, 0.4) is 0 Å². The third-order valence-electron chi connectivity index (χ3n) is 3.89. The quantitative estimate of drug-likeness (QED) is 0.758. The van der Waals surface area contributed by atoms with Crippen molar-refractivity contribution < 1.29 is 0 Å². The minimum absolute atomic E-state index is 0.253. The highest BCUT2D eigenvalue weighted by Crippen LogP contribution is 2.30. The van der Waals surface area contributed by atoms with Crippen molar-refractivity contribution in [1.82, 2.24) is 5.32 Å². The molecular formula is C19H24BrN. The van der Waals surface area contributed by atoms with Gasteiger partial charge in [-0.25, -0.2) is 0 Å². The standard InChI is InChI=1S/C19H24BrN/c1-5-10-21-19(17-9-6-13(2)11-15(17)4)18-12-16(20)8-7-14(18)3/h6-9,11-12,19,21H,5,10H2,1-4H3. The van der Waals surface area contributed by atoms with Gasteiger partial charge < -0.3 is 5.32 Å². The topological polar surface area (TPSA) is 12.0 Å². The second-order valence-corrected chi connectivity index (χ2v) is 6.66. The summed E-state index contributed by atoms with van der Waals surface area (Å²) in [6.45, 7) is 9.77. The molecule has 0 fully saturated rings. The van der Waals surface area contributed by atoms with Gasteiger partial charge in [0, 0.05) is 4.47 Å². The maximum Gasteiger partial charge on any atom is 0.0582 e. The third-order valence-corrected chi connectivity index (χ3v) is 4.38. The summed E-state index contributed by atoms with van der Waals surface area (Å²) in [5.41, 5.74) is 6.71. The first-order chi connectivity index (χ1) is 10.0. The van der Waals surface area contributed by atoms with Gasteiger partial charge in [-0.3, -0.25) is 0 Å². The maximum absolute atomic E-state index is 3.71. The number of hydrogen-bond acceptors (Lipinski definition) is 1. The van der Waals surface area contributed by atoms with Gasteiger partial charge >= 0.3 is 0 Å².